The van der Waals surface area contributed by atoms with Gasteiger partial charge in [0.05, 0.1) is 0 Å². The van der Waals surface area contributed by atoms with Crippen LogP contribution < -0.4 is 4.72 Å². The second-order valence-electron chi connectivity index (χ2n) is 6.39. The molecule has 2 fully saturated rings. The van der Waals surface area contributed by atoms with Gasteiger partial charge in [-0.1, -0.05) is 35.7 Å². The molecule has 1 saturated carbocycles. The smallest absolute Gasteiger partial charge is 0.202 e. The molecule has 0 bridgehead atoms. The van der Waals surface area contributed by atoms with Crippen LogP contribution in [0.25, 0.3) is 0 Å². The van der Waals surface area contributed by atoms with Crippen molar-refractivity contribution < 1.29 is 8.42 Å². The van der Waals surface area contributed by atoms with Crippen molar-refractivity contribution in [3.63, 3.8) is 0 Å². The van der Waals surface area contributed by atoms with Gasteiger partial charge in [0.25, 0.3) is 10.2 Å². The van der Waals surface area contributed by atoms with Gasteiger partial charge in [-0.3, -0.25) is 0 Å². The Bertz CT molecular complexity index is 394. The van der Waals surface area contributed by atoms with Crippen LogP contribution >= 0.6 is 15.9 Å². The molecule has 20 heavy (non-hydrogen) atoms. The van der Waals surface area contributed by atoms with E-state index < -0.39 is 10.2 Å². The van der Waals surface area contributed by atoms with Crippen LogP contribution in [0, 0.1) is 17.8 Å². The Labute approximate surface area is 132 Å². The predicted octanol–water partition coefficient (Wildman–Crippen LogP) is 2.75. The van der Waals surface area contributed by atoms with Gasteiger partial charge in [0.15, 0.2) is 0 Å². The van der Waals surface area contributed by atoms with Crippen molar-refractivity contribution in [1.29, 1.82) is 0 Å². The van der Waals surface area contributed by atoms with Gasteiger partial charge in [-0.2, -0.15) is 12.7 Å². The molecule has 6 heteroatoms. The Balaban J connectivity index is 1.85. The van der Waals surface area contributed by atoms with E-state index in [1.165, 1.54) is 19.3 Å². The Morgan fingerprint density at radius 3 is 2.30 bits per heavy atom. The van der Waals surface area contributed by atoms with Gasteiger partial charge < -0.3 is 0 Å². The third-order valence-electron chi connectivity index (χ3n) is 4.88. The standard InChI is InChI=1S/C14H27BrN2O2S/c1-12-6-8-17(9-7-12)20(18,19)16-11-14-5-3-2-4-13(14)10-15/h12-14,16H,2-11H2,1H3. The average Bonchev–Trinajstić information content (AvgIpc) is 2.46. The summed E-state index contributed by atoms with van der Waals surface area (Å²) in [5.74, 6) is 1.76. The first-order chi connectivity index (χ1) is 9.53. The van der Waals surface area contributed by atoms with Crippen LogP contribution in [0.3, 0.4) is 0 Å². The first-order valence-corrected chi connectivity index (χ1v) is 10.4. The van der Waals surface area contributed by atoms with Crippen LogP contribution in [-0.2, 0) is 10.2 Å². The normalized spacial score (nSPS) is 30.5. The molecule has 0 aromatic heterocycles. The van der Waals surface area contributed by atoms with Crippen LogP contribution in [0.15, 0.2) is 0 Å². The van der Waals surface area contributed by atoms with Gasteiger partial charge in [-0.05, 0) is 43.4 Å². The van der Waals surface area contributed by atoms with Crippen molar-refractivity contribution in [3.8, 4) is 0 Å². The topological polar surface area (TPSA) is 49.4 Å². The molecule has 1 N–H and O–H groups in total. The molecule has 0 radical (unpaired) electrons. The molecule has 1 heterocycles. The van der Waals surface area contributed by atoms with E-state index in [0.29, 0.717) is 37.4 Å². The summed E-state index contributed by atoms with van der Waals surface area (Å²) in [5, 5.41) is 0.987. The Morgan fingerprint density at radius 1 is 1.10 bits per heavy atom. The van der Waals surface area contributed by atoms with Crippen molar-refractivity contribution in [1.82, 2.24) is 9.03 Å². The minimum Gasteiger partial charge on any atom is -0.202 e. The molecule has 0 aromatic rings. The molecule has 1 aliphatic carbocycles. The van der Waals surface area contributed by atoms with Gasteiger partial charge in [-0.25, -0.2) is 4.72 Å². The number of nitrogens with zero attached hydrogens (tertiary/aromatic N) is 1. The molecule has 0 aromatic carbocycles. The van der Waals surface area contributed by atoms with Crippen molar-refractivity contribution in [2.45, 2.75) is 45.4 Å². The lowest BCUT2D eigenvalue weighted by Crippen LogP contribution is -2.46. The van der Waals surface area contributed by atoms with Crippen molar-refractivity contribution in [2.24, 2.45) is 17.8 Å². The molecular weight excluding hydrogens is 340 g/mol. The van der Waals surface area contributed by atoms with E-state index in [1.807, 2.05) is 0 Å². The van der Waals surface area contributed by atoms with E-state index >= 15 is 0 Å². The first kappa shape index (κ1) is 16.7. The largest absolute Gasteiger partial charge is 0.279 e. The third kappa shape index (κ3) is 4.42. The maximum absolute atomic E-state index is 12.3. The lowest BCUT2D eigenvalue weighted by Gasteiger charge is -2.33. The summed E-state index contributed by atoms with van der Waals surface area (Å²) in [4.78, 5) is 0. The van der Waals surface area contributed by atoms with Crippen LogP contribution in [0.4, 0.5) is 0 Å². The molecule has 0 spiro atoms. The fraction of sp³-hybridized carbons (Fsp3) is 1.00. The second kappa shape index (κ2) is 7.56. The van der Waals surface area contributed by atoms with E-state index in [0.717, 1.165) is 24.6 Å². The van der Waals surface area contributed by atoms with Crippen LogP contribution in [-0.4, -0.2) is 37.7 Å². The minimum atomic E-state index is -3.27. The molecule has 1 aliphatic heterocycles. The lowest BCUT2D eigenvalue weighted by molar-refractivity contribution is 0.255. The molecule has 0 amide bonds. The van der Waals surface area contributed by atoms with Crippen molar-refractivity contribution in [3.05, 3.63) is 0 Å². The molecule has 1 saturated heterocycles. The summed E-state index contributed by atoms with van der Waals surface area (Å²) in [6.07, 6.45) is 6.85. The maximum atomic E-state index is 12.3. The van der Waals surface area contributed by atoms with E-state index in [2.05, 4.69) is 27.6 Å². The Morgan fingerprint density at radius 2 is 1.70 bits per heavy atom. The molecule has 2 rings (SSSR count). The summed E-state index contributed by atoms with van der Waals surface area (Å²) >= 11 is 3.57. The monoisotopic (exact) mass is 366 g/mol. The van der Waals surface area contributed by atoms with E-state index in [-0.39, 0.29) is 0 Å². The lowest BCUT2D eigenvalue weighted by atomic mass is 9.80. The highest BCUT2D eigenvalue weighted by Gasteiger charge is 2.29. The predicted molar refractivity (Wildman–Crippen MR) is 86.1 cm³/mol. The molecule has 2 atom stereocenters. The highest BCUT2D eigenvalue weighted by Crippen LogP contribution is 2.31. The summed E-state index contributed by atoms with van der Waals surface area (Å²) in [6, 6.07) is 0. The number of nitrogens with one attached hydrogen (secondary N) is 1. The Hall–Kier alpha value is 0.350. The fourth-order valence-corrected chi connectivity index (χ4v) is 5.44. The minimum absolute atomic E-state index is 0.488. The Kier molecular flexibility index (Phi) is 6.32. The first-order valence-electron chi connectivity index (χ1n) is 7.83. The van der Waals surface area contributed by atoms with Crippen LogP contribution in [0.2, 0.25) is 0 Å². The summed E-state index contributed by atoms with van der Waals surface area (Å²) in [5.41, 5.74) is 0. The third-order valence-corrected chi connectivity index (χ3v) is 7.28. The van der Waals surface area contributed by atoms with Gasteiger partial charge in [-0.15, -0.1) is 0 Å². The molecular formula is C14H27BrN2O2S. The number of piperidine rings is 1. The van der Waals surface area contributed by atoms with Gasteiger partial charge in [0, 0.05) is 25.0 Å². The summed E-state index contributed by atoms with van der Waals surface area (Å²) in [7, 11) is -3.27. The number of hydrogen-bond acceptors (Lipinski definition) is 2. The number of halogens is 1. The van der Waals surface area contributed by atoms with Crippen molar-refractivity contribution >= 4 is 26.1 Å². The zero-order valence-electron chi connectivity index (χ0n) is 12.4. The van der Waals surface area contributed by atoms with Crippen LogP contribution in [0.5, 0.6) is 0 Å². The van der Waals surface area contributed by atoms with Gasteiger partial charge in [0.2, 0.25) is 0 Å². The van der Waals surface area contributed by atoms with Gasteiger partial charge >= 0.3 is 0 Å². The molecule has 118 valence electrons. The zero-order chi connectivity index (χ0) is 14.6. The quantitative estimate of drug-likeness (QED) is 0.760. The average molecular weight is 367 g/mol. The highest BCUT2D eigenvalue weighted by atomic mass is 79.9. The zero-order valence-corrected chi connectivity index (χ0v) is 14.8. The number of hydrogen-bond donors (Lipinski definition) is 1. The summed E-state index contributed by atoms with van der Waals surface area (Å²) in [6.45, 7) is 4.14. The molecule has 4 nitrogen and oxygen atoms in total. The van der Waals surface area contributed by atoms with E-state index in [1.54, 1.807) is 4.31 Å². The van der Waals surface area contributed by atoms with Crippen LogP contribution in [0.1, 0.15) is 45.4 Å². The number of alkyl halides is 1. The molecule has 2 aliphatic rings. The summed E-state index contributed by atoms with van der Waals surface area (Å²) < 4.78 is 29.1. The second-order valence-corrected chi connectivity index (χ2v) is 8.80. The van der Waals surface area contributed by atoms with Gasteiger partial charge in [0.1, 0.15) is 0 Å². The number of rotatable bonds is 5. The van der Waals surface area contributed by atoms with E-state index in [9.17, 15) is 8.42 Å². The maximum Gasteiger partial charge on any atom is 0.279 e. The van der Waals surface area contributed by atoms with Crippen molar-refractivity contribution in [2.75, 3.05) is 25.0 Å². The highest BCUT2D eigenvalue weighted by molar-refractivity contribution is 9.09. The molecule has 2 unspecified atom stereocenters. The SMILES string of the molecule is CC1CCN(S(=O)(=O)NCC2CCCCC2CBr)CC1. The van der Waals surface area contributed by atoms with E-state index in [4.69, 9.17) is 0 Å². The fourth-order valence-electron chi connectivity index (χ4n) is 3.29.